The number of nitrogens with one attached hydrogen (secondary N) is 2. The lowest BCUT2D eigenvalue weighted by Gasteiger charge is -2.18. The van der Waals surface area contributed by atoms with Crippen LogP contribution in [-0.4, -0.2) is 17.4 Å². The fourth-order valence-corrected chi connectivity index (χ4v) is 4.30. The number of benzene rings is 1. The summed E-state index contributed by atoms with van der Waals surface area (Å²) in [6.07, 6.45) is 11.9. The average Bonchev–Trinajstić information content (AvgIpc) is 2.99. The van der Waals surface area contributed by atoms with Crippen LogP contribution in [0.15, 0.2) is 29.8 Å². The van der Waals surface area contributed by atoms with Crippen LogP contribution in [0.5, 0.6) is 0 Å². The number of hydrogen-bond donors (Lipinski definition) is 2. The van der Waals surface area contributed by atoms with E-state index < -0.39 is 0 Å². The van der Waals surface area contributed by atoms with E-state index in [1.165, 1.54) is 59.8 Å². The number of carbonyl (C=O) groups is 1. The molecule has 0 radical (unpaired) electrons. The van der Waals surface area contributed by atoms with E-state index in [9.17, 15) is 4.79 Å². The molecule has 2 N–H and O–H groups in total. The van der Waals surface area contributed by atoms with E-state index in [0.717, 1.165) is 37.3 Å². The summed E-state index contributed by atoms with van der Waals surface area (Å²) >= 11 is 0. The Morgan fingerprint density at radius 1 is 1.28 bits per heavy atom. The van der Waals surface area contributed by atoms with Crippen LogP contribution in [0.4, 0.5) is 0 Å². The van der Waals surface area contributed by atoms with Crippen molar-refractivity contribution in [1.82, 2.24) is 10.3 Å². The maximum Gasteiger partial charge on any atom is 0.251 e. The smallest absolute Gasteiger partial charge is 0.251 e. The molecule has 3 heteroatoms. The molecule has 1 aromatic carbocycles. The summed E-state index contributed by atoms with van der Waals surface area (Å²) in [5.74, 6) is 0.782. The molecule has 0 bridgehead atoms. The maximum absolute atomic E-state index is 12.5. The molecule has 0 aliphatic heterocycles. The predicted molar refractivity (Wildman–Crippen MR) is 103 cm³/mol. The molecule has 25 heavy (non-hydrogen) atoms. The minimum absolute atomic E-state index is 0.0529. The second kappa shape index (κ2) is 7.07. The first-order chi connectivity index (χ1) is 12.2. The fraction of sp³-hybridized carbons (Fsp3) is 0.500. The van der Waals surface area contributed by atoms with E-state index in [-0.39, 0.29) is 5.91 Å². The van der Waals surface area contributed by atoms with Crippen molar-refractivity contribution in [2.45, 2.75) is 58.3 Å². The first-order valence-electron chi connectivity index (χ1n) is 9.80. The zero-order chi connectivity index (χ0) is 17.2. The second-order valence-electron chi connectivity index (χ2n) is 7.80. The molecule has 0 fully saturated rings. The summed E-state index contributed by atoms with van der Waals surface area (Å²) in [7, 11) is 0. The highest BCUT2D eigenvalue weighted by atomic mass is 16.1. The minimum atomic E-state index is 0.0529. The van der Waals surface area contributed by atoms with E-state index in [2.05, 4.69) is 35.4 Å². The van der Waals surface area contributed by atoms with Crippen LogP contribution < -0.4 is 5.32 Å². The van der Waals surface area contributed by atoms with Gasteiger partial charge < -0.3 is 10.3 Å². The van der Waals surface area contributed by atoms with Crippen molar-refractivity contribution in [2.24, 2.45) is 5.92 Å². The van der Waals surface area contributed by atoms with Gasteiger partial charge in [0.2, 0.25) is 0 Å². The van der Waals surface area contributed by atoms with Crippen LogP contribution in [0, 0.1) is 5.92 Å². The Morgan fingerprint density at radius 2 is 2.20 bits per heavy atom. The van der Waals surface area contributed by atoms with Gasteiger partial charge in [0.1, 0.15) is 0 Å². The predicted octanol–water partition coefficient (Wildman–Crippen LogP) is 4.91. The molecule has 0 saturated heterocycles. The van der Waals surface area contributed by atoms with E-state index in [4.69, 9.17) is 0 Å². The quantitative estimate of drug-likeness (QED) is 0.765. The molecule has 1 amide bonds. The molecule has 1 atom stereocenters. The number of aromatic nitrogens is 1. The molecule has 2 aliphatic rings. The lowest BCUT2D eigenvalue weighted by atomic mass is 9.87. The Bertz CT molecular complexity index is 815. The Morgan fingerprint density at radius 3 is 3.04 bits per heavy atom. The van der Waals surface area contributed by atoms with Gasteiger partial charge in [-0.15, -0.1) is 0 Å². The lowest BCUT2D eigenvalue weighted by molar-refractivity contribution is 0.0954. The number of carbonyl (C=O) groups excluding carboxylic acids is 1. The van der Waals surface area contributed by atoms with Gasteiger partial charge in [-0.05, 0) is 81.0 Å². The molecule has 132 valence electrons. The maximum atomic E-state index is 12.5. The van der Waals surface area contributed by atoms with Crippen molar-refractivity contribution in [3.05, 3.63) is 46.7 Å². The summed E-state index contributed by atoms with van der Waals surface area (Å²) in [6.45, 7) is 3.06. The van der Waals surface area contributed by atoms with Crippen LogP contribution in [-0.2, 0) is 12.8 Å². The standard InChI is InChI=1S/C22H28N2O/c1-15-7-9-20-18(13-15)19-14-17(8-10-21(19)24-20)22(25)23-12-11-16-5-3-2-4-6-16/h5,8,10,14-15,24H,2-4,6-7,9,11-13H2,1H3,(H,23,25). The third-order valence-electron chi connectivity index (χ3n) is 5.81. The lowest BCUT2D eigenvalue weighted by Crippen LogP contribution is -2.24. The highest BCUT2D eigenvalue weighted by Gasteiger charge is 2.20. The number of H-pyrrole nitrogens is 1. The van der Waals surface area contributed by atoms with Gasteiger partial charge in [0.25, 0.3) is 5.91 Å². The normalized spacial score (nSPS) is 20.2. The molecule has 0 spiro atoms. The van der Waals surface area contributed by atoms with Gasteiger partial charge in [-0.2, -0.15) is 0 Å². The van der Waals surface area contributed by atoms with E-state index >= 15 is 0 Å². The Kier molecular flexibility index (Phi) is 4.65. The number of hydrogen-bond acceptors (Lipinski definition) is 1. The van der Waals surface area contributed by atoms with Crippen molar-refractivity contribution in [3.8, 4) is 0 Å². The number of fused-ring (bicyclic) bond motifs is 3. The van der Waals surface area contributed by atoms with E-state index in [1.807, 2.05) is 6.07 Å². The third kappa shape index (κ3) is 3.51. The van der Waals surface area contributed by atoms with Crippen LogP contribution in [0.3, 0.4) is 0 Å². The molecule has 4 rings (SSSR count). The van der Waals surface area contributed by atoms with Gasteiger partial charge in [0, 0.05) is 28.7 Å². The zero-order valence-corrected chi connectivity index (χ0v) is 15.2. The Labute approximate surface area is 149 Å². The highest BCUT2D eigenvalue weighted by molar-refractivity contribution is 5.99. The zero-order valence-electron chi connectivity index (χ0n) is 15.2. The van der Waals surface area contributed by atoms with Crippen molar-refractivity contribution in [3.63, 3.8) is 0 Å². The van der Waals surface area contributed by atoms with Crippen LogP contribution in [0.25, 0.3) is 10.9 Å². The molecular weight excluding hydrogens is 308 g/mol. The van der Waals surface area contributed by atoms with Crippen LogP contribution in [0.1, 0.15) is 67.1 Å². The fourth-order valence-electron chi connectivity index (χ4n) is 4.30. The van der Waals surface area contributed by atoms with Gasteiger partial charge in [-0.1, -0.05) is 18.6 Å². The van der Waals surface area contributed by atoms with E-state index in [1.54, 1.807) is 0 Å². The van der Waals surface area contributed by atoms with Gasteiger partial charge in [0.05, 0.1) is 0 Å². The molecule has 0 saturated carbocycles. The van der Waals surface area contributed by atoms with Crippen molar-refractivity contribution < 1.29 is 4.79 Å². The topological polar surface area (TPSA) is 44.9 Å². The van der Waals surface area contributed by atoms with Gasteiger partial charge in [-0.25, -0.2) is 0 Å². The molecule has 2 aliphatic carbocycles. The monoisotopic (exact) mass is 336 g/mol. The number of rotatable bonds is 4. The van der Waals surface area contributed by atoms with Crippen molar-refractivity contribution in [2.75, 3.05) is 6.54 Å². The van der Waals surface area contributed by atoms with Gasteiger partial charge in [0.15, 0.2) is 0 Å². The summed E-state index contributed by atoms with van der Waals surface area (Å²) in [6, 6.07) is 6.09. The summed E-state index contributed by atoms with van der Waals surface area (Å²) in [4.78, 5) is 16.1. The average molecular weight is 336 g/mol. The number of amides is 1. The summed E-state index contributed by atoms with van der Waals surface area (Å²) in [5.41, 5.74) is 6.26. The van der Waals surface area contributed by atoms with Crippen LogP contribution in [0.2, 0.25) is 0 Å². The number of aromatic amines is 1. The molecular formula is C22H28N2O. The Balaban J connectivity index is 1.46. The number of aryl methyl sites for hydroxylation is 1. The minimum Gasteiger partial charge on any atom is -0.358 e. The van der Waals surface area contributed by atoms with Gasteiger partial charge >= 0.3 is 0 Å². The molecule has 3 nitrogen and oxygen atoms in total. The van der Waals surface area contributed by atoms with E-state index in [0.29, 0.717) is 0 Å². The SMILES string of the molecule is CC1CCc2[nH]c3ccc(C(=O)NCCC4=CCCCC4)cc3c2C1. The van der Waals surface area contributed by atoms with Crippen LogP contribution >= 0.6 is 0 Å². The first kappa shape index (κ1) is 16.4. The van der Waals surface area contributed by atoms with Crippen molar-refractivity contribution in [1.29, 1.82) is 0 Å². The molecule has 1 unspecified atom stereocenters. The summed E-state index contributed by atoms with van der Waals surface area (Å²) < 4.78 is 0. The second-order valence-corrected chi connectivity index (χ2v) is 7.80. The largest absolute Gasteiger partial charge is 0.358 e. The van der Waals surface area contributed by atoms with Gasteiger partial charge in [-0.3, -0.25) is 4.79 Å². The molecule has 1 heterocycles. The van der Waals surface area contributed by atoms with Crippen molar-refractivity contribution >= 4 is 16.8 Å². The highest BCUT2D eigenvalue weighted by Crippen LogP contribution is 2.32. The summed E-state index contributed by atoms with van der Waals surface area (Å²) in [5, 5.41) is 4.34. The third-order valence-corrected chi connectivity index (χ3v) is 5.81. The molecule has 2 aromatic rings. The Hall–Kier alpha value is -2.03. The molecule has 1 aromatic heterocycles. The number of allylic oxidation sites excluding steroid dienone is 1. The first-order valence-corrected chi connectivity index (χ1v) is 9.80.